The van der Waals surface area contributed by atoms with Gasteiger partial charge in [0.05, 0.1) is 15.2 Å². The van der Waals surface area contributed by atoms with Gasteiger partial charge in [0.25, 0.3) is 0 Å². The van der Waals surface area contributed by atoms with Gasteiger partial charge in [-0.05, 0) is 43.2 Å². The first-order valence-corrected chi connectivity index (χ1v) is 10.3. The van der Waals surface area contributed by atoms with Crippen LogP contribution in [-0.2, 0) is 16.0 Å². The zero-order chi connectivity index (χ0) is 21.4. The minimum Gasteiger partial charge on any atom is -0.478 e. The summed E-state index contributed by atoms with van der Waals surface area (Å²) in [6.45, 7) is 7.14. The lowest BCUT2D eigenvalue weighted by Crippen LogP contribution is -2.49. The smallest absolute Gasteiger partial charge is 0.328 e. The highest BCUT2D eigenvalue weighted by atomic mass is 32.1. The summed E-state index contributed by atoms with van der Waals surface area (Å²) in [6.07, 6.45) is 4.88. The number of aliphatic carboxylic acids is 1. The van der Waals surface area contributed by atoms with E-state index in [4.69, 9.17) is 5.11 Å². The van der Waals surface area contributed by atoms with E-state index in [1.807, 2.05) is 38.1 Å². The van der Waals surface area contributed by atoms with E-state index >= 15 is 0 Å². The Morgan fingerprint density at radius 1 is 1.31 bits per heavy atom. The molecule has 3 rings (SSSR count). The Bertz CT molecular complexity index is 1040. The molecule has 0 spiro atoms. The van der Waals surface area contributed by atoms with Crippen molar-refractivity contribution in [2.24, 2.45) is 5.41 Å². The van der Waals surface area contributed by atoms with Crippen LogP contribution in [0.3, 0.4) is 0 Å². The first kappa shape index (κ1) is 21.1. The Morgan fingerprint density at radius 3 is 2.66 bits per heavy atom. The lowest BCUT2D eigenvalue weighted by atomic mass is 9.62. The molecule has 1 aliphatic carbocycles. The van der Waals surface area contributed by atoms with Crippen molar-refractivity contribution in [2.45, 2.75) is 46.1 Å². The molecule has 0 unspecified atom stereocenters. The largest absolute Gasteiger partial charge is 0.478 e. The van der Waals surface area contributed by atoms with Crippen molar-refractivity contribution in [1.29, 1.82) is 0 Å². The number of para-hydroxylation sites is 1. The maximum absolute atomic E-state index is 12.9. The number of benzene rings is 1. The summed E-state index contributed by atoms with van der Waals surface area (Å²) in [6, 6.07) is 7.83. The van der Waals surface area contributed by atoms with Gasteiger partial charge in [0.15, 0.2) is 5.78 Å². The number of thiazole rings is 1. The van der Waals surface area contributed by atoms with Crippen LogP contribution in [0.5, 0.6) is 0 Å². The third kappa shape index (κ3) is 4.09. The number of aromatic nitrogens is 1. The molecule has 0 radical (unpaired) electrons. The van der Waals surface area contributed by atoms with Crippen LogP contribution in [0.4, 0.5) is 0 Å². The molecule has 0 amide bonds. The van der Waals surface area contributed by atoms with Crippen molar-refractivity contribution in [1.82, 2.24) is 4.98 Å². The van der Waals surface area contributed by atoms with Crippen molar-refractivity contribution in [2.75, 3.05) is 0 Å². The number of carbonyl (C=O) groups excluding carboxylic acids is 1. The maximum Gasteiger partial charge on any atom is 0.328 e. The molecule has 152 valence electrons. The van der Waals surface area contributed by atoms with Crippen LogP contribution < -0.4 is 0 Å². The van der Waals surface area contributed by atoms with Gasteiger partial charge in [0.2, 0.25) is 0 Å². The van der Waals surface area contributed by atoms with E-state index in [2.05, 4.69) is 4.98 Å². The van der Waals surface area contributed by atoms with E-state index in [1.54, 1.807) is 37.3 Å². The second-order valence-corrected chi connectivity index (χ2v) is 9.28. The summed E-state index contributed by atoms with van der Waals surface area (Å²) in [5.41, 5.74) is 0.511. The lowest BCUT2D eigenvalue weighted by molar-refractivity contribution is -0.131. The van der Waals surface area contributed by atoms with Crippen LogP contribution in [0.2, 0.25) is 0 Å². The van der Waals surface area contributed by atoms with Crippen LogP contribution in [0.1, 0.15) is 39.1 Å². The molecule has 1 aliphatic rings. The van der Waals surface area contributed by atoms with E-state index in [-0.39, 0.29) is 12.2 Å². The van der Waals surface area contributed by atoms with E-state index < -0.39 is 17.0 Å². The first-order chi connectivity index (χ1) is 13.5. The number of ketones is 1. The van der Waals surface area contributed by atoms with Crippen LogP contribution in [0, 0.1) is 5.41 Å². The minimum absolute atomic E-state index is 0.0163. The Morgan fingerprint density at radius 2 is 2.00 bits per heavy atom. The van der Waals surface area contributed by atoms with Gasteiger partial charge in [-0.25, -0.2) is 9.78 Å². The van der Waals surface area contributed by atoms with Crippen molar-refractivity contribution >= 4 is 33.3 Å². The molecule has 0 aliphatic heterocycles. The molecule has 6 heteroatoms. The fourth-order valence-corrected chi connectivity index (χ4v) is 4.79. The third-order valence-electron chi connectivity index (χ3n) is 5.60. The molecule has 1 aromatic heterocycles. The van der Waals surface area contributed by atoms with Crippen molar-refractivity contribution in [3.05, 3.63) is 64.2 Å². The molecule has 0 bridgehead atoms. The first-order valence-electron chi connectivity index (χ1n) is 9.44. The Labute approximate surface area is 174 Å². The van der Waals surface area contributed by atoms with Crippen LogP contribution in [-0.4, -0.2) is 32.6 Å². The predicted molar refractivity (Wildman–Crippen MR) is 115 cm³/mol. The molecule has 2 aromatic rings. The monoisotopic (exact) mass is 411 g/mol. The fourth-order valence-electron chi connectivity index (χ4n) is 3.81. The van der Waals surface area contributed by atoms with Gasteiger partial charge in [-0.1, -0.05) is 32.1 Å². The standard InChI is InChI=1S/C23H25NO4S/c1-14(11-21(26)27)9-10-23(28)15(2)16(18(25)13-22(23,3)4)12-20-24-17-7-5-6-8-19(17)29-20/h5-11,28H,12-13H2,1-4H3,(H,26,27)/b10-9+,14-11-/t23-/m0/s1. The number of Topliss-reactive ketones (excluding diaryl/α,β-unsaturated/α-hetero) is 1. The normalized spacial score (nSPS) is 22.7. The number of aliphatic hydroxyl groups is 1. The third-order valence-corrected chi connectivity index (χ3v) is 6.64. The van der Waals surface area contributed by atoms with Crippen molar-refractivity contribution < 1.29 is 19.8 Å². The van der Waals surface area contributed by atoms with Gasteiger partial charge >= 0.3 is 5.97 Å². The molecular weight excluding hydrogens is 386 g/mol. The zero-order valence-corrected chi connectivity index (χ0v) is 17.8. The van der Waals surface area contributed by atoms with E-state index in [9.17, 15) is 14.7 Å². The minimum atomic E-state index is -1.36. The second-order valence-electron chi connectivity index (χ2n) is 8.17. The van der Waals surface area contributed by atoms with Gasteiger partial charge in [-0.3, -0.25) is 4.79 Å². The van der Waals surface area contributed by atoms with E-state index in [0.717, 1.165) is 21.3 Å². The molecule has 1 heterocycles. The molecule has 1 aromatic carbocycles. The van der Waals surface area contributed by atoms with Gasteiger partial charge in [0.1, 0.15) is 5.60 Å². The highest BCUT2D eigenvalue weighted by Crippen LogP contribution is 2.47. The number of carboxylic acids is 1. The Hall–Kier alpha value is -2.57. The number of nitrogens with zero attached hydrogens (tertiary/aromatic N) is 1. The molecule has 2 N–H and O–H groups in total. The summed E-state index contributed by atoms with van der Waals surface area (Å²) < 4.78 is 1.06. The highest BCUT2D eigenvalue weighted by Gasteiger charge is 2.49. The Kier molecular flexibility index (Phi) is 5.61. The number of allylic oxidation sites excluding steroid dienone is 3. The molecule has 1 atom stereocenters. The molecule has 5 nitrogen and oxygen atoms in total. The zero-order valence-electron chi connectivity index (χ0n) is 17.0. The Balaban J connectivity index is 2.02. The molecule has 0 fully saturated rings. The maximum atomic E-state index is 12.9. The summed E-state index contributed by atoms with van der Waals surface area (Å²) in [7, 11) is 0. The molecule has 0 saturated heterocycles. The summed E-state index contributed by atoms with van der Waals surface area (Å²) in [5.74, 6) is -1.02. The number of rotatable bonds is 5. The molecule has 29 heavy (non-hydrogen) atoms. The van der Waals surface area contributed by atoms with Crippen molar-refractivity contribution in [3.63, 3.8) is 0 Å². The number of fused-ring (bicyclic) bond motifs is 1. The predicted octanol–water partition coefficient (Wildman–Crippen LogP) is 4.47. The van der Waals surface area contributed by atoms with E-state index in [1.165, 1.54) is 0 Å². The van der Waals surface area contributed by atoms with Crippen molar-refractivity contribution in [3.8, 4) is 0 Å². The average Bonchev–Trinajstić information content (AvgIpc) is 3.04. The highest BCUT2D eigenvalue weighted by molar-refractivity contribution is 7.18. The van der Waals surface area contributed by atoms with Crippen LogP contribution in [0.25, 0.3) is 10.2 Å². The van der Waals surface area contributed by atoms with Crippen LogP contribution >= 0.6 is 11.3 Å². The van der Waals surface area contributed by atoms with Gasteiger partial charge < -0.3 is 10.2 Å². The quantitative estimate of drug-likeness (QED) is 0.560. The van der Waals surface area contributed by atoms with Gasteiger partial charge in [-0.15, -0.1) is 11.3 Å². The average molecular weight is 412 g/mol. The van der Waals surface area contributed by atoms with Crippen LogP contribution in [0.15, 0.2) is 59.2 Å². The molecular formula is C23H25NO4S. The van der Waals surface area contributed by atoms with E-state index in [0.29, 0.717) is 23.1 Å². The number of hydrogen-bond donors (Lipinski definition) is 2. The number of carboxylic acid groups (broad SMARTS) is 1. The summed E-state index contributed by atoms with van der Waals surface area (Å²) in [5, 5.41) is 21.3. The topological polar surface area (TPSA) is 87.5 Å². The van der Waals surface area contributed by atoms with Gasteiger partial charge in [0, 0.05) is 29.9 Å². The fraction of sp³-hybridized carbons (Fsp3) is 0.348. The SMILES string of the molecule is CC1=C(Cc2nc3ccccc3s2)C(=O)CC(C)(C)[C@]1(O)/C=C/C(C)=C\C(=O)O. The number of hydrogen-bond acceptors (Lipinski definition) is 5. The summed E-state index contributed by atoms with van der Waals surface area (Å²) in [4.78, 5) is 28.4. The summed E-state index contributed by atoms with van der Waals surface area (Å²) >= 11 is 1.55. The lowest BCUT2D eigenvalue weighted by Gasteiger charge is -2.45. The molecule has 0 saturated carbocycles. The van der Waals surface area contributed by atoms with Gasteiger partial charge in [-0.2, -0.15) is 0 Å². The second kappa shape index (κ2) is 7.69. The number of carbonyl (C=O) groups is 2.